The van der Waals surface area contributed by atoms with Gasteiger partial charge >= 0.3 is 7.12 Å². The van der Waals surface area contributed by atoms with Crippen molar-refractivity contribution < 1.29 is 14.5 Å². The van der Waals surface area contributed by atoms with Crippen molar-refractivity contribution in [2.75, 3.05) is 0 Å². The zero-order valence-corrected chi connectivity index (χ0v) is 11.3. The highest BCUT2D eigenvalue weighted by molar-refractivity contribution is 7.10. The Hall–Kier alpha value is -0.845. The molecule has 2 rings (SSSR count). The first kappa shape index (κ1) is 13.6. The molecule has 1 amide bonds. The molecular formula is C12H18BNO3S. The Morgan fingerprint density at radius 2 is 2.50 bits per heavy atom. The summed E-state index contributed by atoms with van der Waals surface area (Å²) in [7, 11) is -0.879. The van der Waals surface area contributed by atoms with E-state index in [0.29, 0.717) is 6.42 Å². The van der Waals surface area contributed by atoms with Gasteiger partial charge in [-0.05, 0) is 30.7 Å². The summed E-state index contributed by atoms with van der Waals surface area (Å²) < 4.78 is 5.43. The highest BCUT2D eigenvalue weighted by Gasteiger charge is 2.35. The quantitative estimate of drug-likeness (QED) is 0.810. The molecule has 0 radical (unpaired) electrons. The van der Waals surface area contributed by atoms with Gasteiger partial charge in [0.15, 0.2) is 0 Å². The molecule has 1 saturated heterocycles. The molecule has 1 aliphatic heterocycles. The lowest BCUT2D eigenvalue weighted by Gasteiger charge is -2.31. The average Bonchev–Trinajstić information content (AvgIpc) is 2.84. The van der Waals surface area contributed by atoms with E-state index in [2.05, 4.69) is 5.32 Å². The number of rotatable bonds is 4. The molecule has 2 heterocycles. The van der Waals surface area contributed by atoms with E-state index >= 15 is 0 Å². The topological polar surface area (TPSA) is 58.6 Å². The Bertz CT molecular complexity index is 385. The van der Waals surface area contributed by atoms with Crippen molar-refractivity contribution in [1.29, 1.82) is 0 Å². The van der Waals surface area contributed by atoms with Crippen LogP contribution in [-0.2, 0) is 15.9 Å². The summed E-state index contributed by atoms with van der Waals surface area (Å²) >= 11 is 1.56. The predicted octanol–water partition coefficient (Wildman–Crippen LogP) is 1.38. The van der Waals surface area contributed by atoms with Gasteiger partial charge < -0.3 is 15.0 Å². The molecule has 0 aliphatic carbocycles. The van der Waals surface area contributed by atoms with Gasteiger partial charge in [-0.2, -0.15) is 0 Å². The van der Waals surface area contributed by atoms with Gasteiger partial charge in [0.05, 0.1) is 12.4 Å². The molecule has 4 nitrogen and oxygen atoms in total. The molecule has 2 N–H and O–H groups in total. The normalized spacial score (nSPS) is 24.0. The second kappa shape index (κ2) is 6.36. The molecular weight excluding hydrogens is 249 g/mol. The Morgan fingerprint density at radius 3 is 3.11 bits per heavy atom. The molecule has 0 bridgehead atoms. The van der Waals surface area contributed by atoms with Crippen LogP contribution in [0.3, 0.4) is 0 Å². The largest absolute Gasteiger partial charge is 0.478 e. The molecule has 2 atom stereocenters. The highest BCUT2D eigenvalue weighted by Crippen LogP contribution is 2.18. The Balaban J connectivity index is 1.80. The fraction of sp³-hybridized carbons (Fsp3) is 0.583. The van der Waals surface area contributed by atoms with E-state index in [1.807, 2.05) is 24.4 Å². The molecule has 1 aromatic rings. The summed E-state index contributed by atoms with van der Waals surface area (Å²) in [5, 5.41) is 14.6. The van der Waals surface area contributed by atoms with E-state index in [-0.39, 0.29) is 18.0 Å². The van der Waals surface area contributed by atoms with Crippen molar-refractivity contribution in [2.45, 2.75) is 44.7 Å². The lowest BCUT2D eigenvalue weighted by Crippen LogP contribution is -2.52. The molecule has 0 spiro atoms. The lowest BCUT2D eigenvalue weighted by atomic mass is 9.72. The van der Waals surface area contributed by atoms with Crippen LogP contribution in [0.4, 0.5) is 0 Å². The van der Waals surface area contributed by atoms with Crippen LogP contribution in [0.1, 0.15) is 31.1 Å². The molecule has 98 valence electrons. The Labute approximate surface area is 111 Å². The maximum absolute atomic E-state index is 11.8. The van der Waals surface area contributed by atoms with Crippen LogP contribution in [0.25, 0.3) is 0 Å². The number of nitrogens with one attached hydrogen (secondary N) is 1. The molecule has 2 unspecified atom stereocenters. The summed E-state index contributed by atoms with van der Waals surface area (Å²) in [4.78, 5) is 12.8. The van der Waals surface area contributed by atoms with Crippen LogP contribution in [0.2, 0.25) is 0 Å². The van der Waals surface area contributed by atoms with Crippen molar-refractivity contribution in [2.24, 2.45) is 0 Å². The van der Waals surface area contributed by atoms with E-state index < -0.39 is 7.12 Å². The lowest BCUT2D eigenvalue weighted by molar-refractivity contribution is -0.121. The fourth-order valence-electron chi connectivity index (χ4n) is 2.14. The van der Waals surface area contributed by atoms with Crippen molar-refractivity contribution in [1.82, 2.24) is 5.32 Å². The van der Waals surface area contributed by atoms with Gasteiger partial charge in [0.2, 0.25) is 5.91 Å². The zero-order valence-electron chi connectivity index (χ0n) is 10.5. The number of carbonyl (C=O) groups is 1. The van der Waals surface area contributed by atoms with Crippen LogP contribution < -0.4 is 5.32 Å². The van der Waals surface area contributed by atoms with Crippen LogP contribution in [0, 0.1) is 0 Å². The minimum absolute atomic E-state index is 0.0555. The third-order valence-corrected chi connectivity index (χ3v) is 4.07. The molecule has 0 saturated carbocycles. The minimum atomic E-state index is -0.879. The Kier molecular flexibility index (Phi) is 4.80. The van der Waals surface area contributed by atoms with Crippen LogP contribution in [-0.4, -0.2) is 30.1 Å². The van der Waals surface area contributed by atoms with Crippen LogP contribution in [0.15, 0.2) is 17.5 Å². The summed E-state index contributed by atoms with van der Waals surface area (Å²) in [6.45, 7) is 2.03. The van der Waals surface area contributed by atoms with Crippen molar-refractivity contribution in [3.63, 3.8) is 0 Å². The zero-order chi connectivity index (χ0) is 13.0. The predicted molar refractivity (Wildman–Crippen MR) is 72.3 cm³/mol. The highest BCUT2D eigenvalue weighted by atomic mass is 32.1. The van der Waals surface area contributed by atoms with E-state index in [1.165, 1.54) is 0 Å². The second-order valence-corrected chi connectivity index (χ2v) is 5.60. The third-order valence-electron chi connectivity index (χ3n) is 3.19. The van der Waals surface area contributed by atoms with Crippen LogP contribution >= 0.6 is 11.3 Å². The first-order valence-corrected chi connectivity index (χ1v) is 7.22. The molecule has 6 heteroatoms. The maximum Gasteiger partial charge on any atom is 0.478 e. The molecule has 18 heavy (non-hydrogen) atoms. The molecule has 1 aliphatic rings. The monoisotopic (exact) mass is 267 g/mol. The van der Waals surface area contributed by atoms with Gasteiger partial charge in [0.25, 0.3) is 0 Å². The van der Waals surface area contributed by atoms with Gasteiger partial charge in [-0.15, -0.1) is 11.3 Å². The number of hydrogen-bond acceptors (Lipinski definition) is 4. The Morgan fingerprint density at radius 1 is 1.67 bits per heavy atom. The van der Waals surface area contributed by atoms with Gasteiger partial charge in [-0.3, -0.25) is 4.79 Å². The number of hydrogen-bond donors (Lipinski definition) is 2. The smallest absolute Gasteiger partial charge is 0.426 e. The van der Waals surface area contributed by atoms with Crippen molar-refractivity contribution >= 4 is 24.4 Å². The second-order valence-electron chi connectivity index (χ2n) is 4.56. The summed E-state index contributed by atoms with van der Waals surface area (Å²) in [5.41, 5.74) is 0. The summed E-state index contributed by atoms with van der Waals surface area (Å²) in [5.74, 6) is -0.333. The first-order chi connectivity index (χ1) is 8.69. The van der Waals surface area contributed by atoms with Gasteiger partial charge in [0, 0.05) is 11.0 Å². The van der Waals surface area contributed by atoms with E-state index in [4.69, 9.17) is 4.65 Å². The standard InChI is InChI=1S/C12H18BNO3S/c1-2-9-5-6-11(13(16)17-9)14-12(15)8-10-4-3-7-18-10/h3-4,7,9,11,16H,2,5-6,8H2,1H3,(H,14,15). The summed E-state index contributed by atoms with van der Waals surface area (Å²) in [6, 6.07) is 3.86. The minimum Gasteiger partial charge on any atom is -0.426 e. The molecule has 0 aromatic carbocycles. The number of thiophene rings is 1. The fourth-order valence-corrected chi connectivity index (χ4v) is 2.84. The molecule has 1 aromatic heterocycles. The van der Waals surface area contributed by atoms with Gasteiger partial charge in [-0.25, -0.2) is 0 Å². The van der Waals surface area contributed by atoms with Crippen molar-refractivity contribution in [3.05, 3.63) is 22.4 Å². The van der Waals surface area contributed by atoms with E-state index in [0.717, 1.165) is 24.1 Å². The average molecular weight is 267 g/mol. The maximum atomic E-state index is 11.8. The third kappa shape index (κ3) is 3.57. The first-order valence-electron chi connectivity index (χ1n) is 6.34. The van der Waals surface area contributed by atoms with Crippen molar-refractivity contribution in [3.8, 4) is 0 Å². The van der Waals surface area contributed by atoms with E-state index in [9.17, 15) is 9.82 Å². The van der Waals surface area contributed by atoms with Gasteiger partial charge in [0.1, 0.15) is 0 Å². The summed E-state index contributed by atoms with van der Waals surface area (Å²) in [6.07, 6.45) is 3.05. The molecule has 1 fully saturated rings. The number of amides is 1. The number of carbonyl (C=O) groups excluding carboxylic acids is 1. The SMILES string of the molecule is CCC1CCC(NC(=O)Cc2cccs2)B(O)O1. The van der Waals surface area contributed by atoms with Gasteiger partial charge in [-0.1, -0.05) is 13.0 Å². The van der Waals surface area contributed by atoms with Crippen LogP contribution in [0.5, 0.6) is 0 Å². The van der Waals surface area contributed by atoms with E-state index in [1.54, 1.807) is 11.3 Å².